The van der Waals surface area contributed by atoms with Crippen molar-refractivity contribution in [2.75, 3.05) is 0 Å². The molecule has 15 heteroatoms. The summed E-state index contributed by atoms with van der Waals surface area (Å²) in [6.07, 6.45) is -18.2. The van der Waals surface area contributed by atoms with E-state index >= 15 is 0 Å². The maximum absolute atomic E-state index is 13.4. The molecule has 2 aliphatic rings. The van der Waals surface area contributed by atoms with Crippen LogP contribution in [0, 0.1) is 0 Å². The Labute approximate surface area is 241 Å². The summed E-state index contributed by atoms with van der Waals surface area (Å²) in [6, 6.07) is 3.59. The van der Waals surface area contributed by atoms with Crippen LogP contribution < -0.4 is 0 Å². The molecule has 0 atom stereocenters. The van der Waals surface area contributed by atoms with Crippen molar-refractivity contribution in [3.8, 4) is 0 Å². The molecule has 1 aromatic heterocycles. The Bertz CT molecular complexity index is 1470. The number of aliphatic imine (C=N–C) groups is 2. The Morgan fingerprint density at radius 3 is 1.05 bits per heavy atom. The summed E-state index contributed by atoms with van der Waals surface area (Å²) in [5.41, 5.74) is -5.68. The number of halogens is 12. The predicted molar refractivity (Wildman–Crippen MR) is 135 cm³/mol. The SMILES string of the molecule is FC(F)(F)c1cc(N=C2CCCc3cc4c(nc32)C(=Nc2cc(C(F)(F)F)cc(C(F)(F)F)c2)CCC4)cc(C(F)(F)F)c1. The minimum atomic E-state index is -5.08. The lowest BCUT2D eigenvalue weighted by molar-refractivity contribution is -0.144. The van der Waals surface area contributed by atoms with Crippen LogP contribution in [-0.2, 0) is 37.5 Å². The molecule has 1 heterocycles. The molecule has 0 saturated carbocycles. The smallest absolute Gasteiger partial charge is 0.251 e. The third kappa shape index (κ3) is 6.75. The molecule has 0 spiro atoms. The number of pyridine rings is 1. The first kappa shape index (κ1) is 31.5. The van der Waals surface area contributed by atoms with E-state index in [4.69, 9.17) is 0 Å². The van der Waals surface area contributed by atoms with Gasteiger partial charge in [0.15, 0.2) is 0 Å². The highest BCUT2D eigenvalue weighted by molar-refractivity contribution is 6.06. The molecule has 0 unspecified atom stereocenters. The lowest BCUT2D eigenvalue weighted by atomic mass is 9.87. The topological polar surface area (TPSA) is 37.6 Å². The van der Waals surface area contributed by atoms with Crippen molar-refractivity contribution < 1.29 is 52.7 Å². The first-order valence-electron chi connectivity index (χ1n) is 13.1. The van der Waals surface area contributed by atoms with Crippen molar-refractivity contribution in [1.29, 1.82) is 0 Å². The molecule has 0 fully saturated rings. The highest BCUT2D eigenvalue weighted by Crippen LogP contribution is 2.41. The first-order chi connectivity index (χ1) is 20.3. The average Bonchev–Trinajstić information content (AvgIpc) is 2.90. The normalized spacial score (nSPS) is 18.0. The number of benzene rings is 2. The van der Waals surface area contributed by atoms with Gasteiger partial charge in [0.25, 0.3) is 0 Å². The van der Waals surface area contributed by atoms with Gasteiger partial charge in [0.2, 0.25) is 0 Å². The van der Waals surface area contributed by atoms with E-state index in [1.807, 2.05) is 0 Å². The first-order valence-corrected chi connectivity index (χ1v) is 13.1. The molecule has 0 aliphatic heterocycles. The molecule has 234 valence electrons. The summed E-state index contributed by atoms with van der Waals surface area (Å²) in [7, 11) is 0. The summed E-state index contributed by atoms with van der Waals surface area (Å²) in [6.45, 7) is 0. The lowest BCUT2D eigenvalue weighted by Gasteiger charge is -2.24. The largest absolute Gasteiger partial charge is 0.416 e. The molecule has 3 nitrogen and oxygen atoms in total. The molecule has 2 aliphatic carbocycles. The van der Waals surface area contributed by atoms with Crippen LogP contribution in [0.5, 0.6) is 0 Å². The van der Waals surface area contributed by atoms with Crippen LogP contribution in [0.1, 0.15) is 70.5 Å². The van der Waals surface area contributed by atoms with Gasteiger partial charge in [-0.05, 0) is 86.1 Å². The summed E-state index contributed by atoms with van der Waals surface area (Å²) < 4.78 is 161. The zero-order valence-electron chi connectivity index (χ0n) is 22.2. The fourth-order valence-corrected chi connectivity index (χ4v) is 5.15. The fourth-order valence-electron chi connectivity index (χ4n) is 5.15. The minimum absolute atomic E-state index is 0.0200. The van der Waals surface area contributed by atoms with E-state index in [0.29, 0.717) is 61.1 Å². The van der Waals surface area contributed by atoms with Gasteiger partial charge in [-0.1, -0.05) is 6.07 Å². The molecule has 44 heavy (non-hydrogen) atoms. The molecule has 5 rings (SSSR count). The summed E-state index contributed by atoms with van der Waals surface area (Å²) in [4.78, 5) is 12.8. The van der Waals surface area contributed by atoms with E-state index in [-0.39, 0.29) is 47.8 Å². The van der Waals surface area contributed by atoms with Crippen molar-refractivity contribution in [3.63, 3.8) is 0 Å². The third-order valence-electron chi connectivity index (χ3n) is 7.12. The van der Waals surface area contributed by atoms with Gasteiger partial charge in [-0.2, -0.15) is 52.7 Å². The Morgan fingerprint density at radius 1 is 0.432 bits per heavy atom. The maximum Gasteiger partial charge on any atom is 0.416 e. The van der Waals surface area contributed by atoms with Crippen LogP contribution in [0.25, 0.3) is 0 Å². The van der Waals surface area contributed by atoms with Gasteiger partial charge < -0.3 is 0 Å². The van der Waals surface area contributed by atoms with Gasteiger partial charge in [0, 0.05) is 0 Å². The quantitative estimate of drug-likeness (QED) is 0.258. The molecule has 3 aromatic rings. The van der Waals surface area contributed by atoms with Crippen molar-refractivity contribution in [2.45, 2.75) is 63.2 Å². The molecule has 0 saturated heterocycles. The third-order valence-corrected chi connectivity index (χ3v) is 7.12. The van der Waals surface area contributed by atoms with Crippen LogP contribution in [-0.4, -0.2) is 16.4 Å². The van der Waals surface area contributed by atoms with E-state index < -0.39 is 58.3 Å². The number of hydrogen-bond acceptors (Lipinski definition) is 3. The lowest BCUT2D eigenvalue weighted by Crippen LogP contribution is -2.21. The minimum Gasteiger partial charge on any atom is -0.251 e. The van der Waals surface area contributed by atoms with Gasteiger partial charge in [0.1, 0.15) is 0 Å². The van der Waals surface area contributed by atoms with Crippen molar-refractivity contribution in [3.05, 3.63) is 87.2 Å². The maximum atomic E-state index is 13.4. The zero-order chi connectivity index (χ0) is 32.2. The average molecular weight is 637 g/mol. The van der Waals surface area contributed by atoms with Crippen LogP contribution in [0.15, 0.2) is 52.4 Å². The molecule has 0 bridgehead atoms. The van der Waals surface area contributed by atoms with Crippen LogP contribution in [0.2, 0.25) is 0 Å². The number of fused-ring (bicyclic) bond motifs is 2. The van der Waals surface area contributed by atoms with Gasteiger partial charge in [-0.25, -0.2) is 4.98 Å². The summed E-state index contributed by atoms with van der Waals surface area (Å²) >= 11 is 0. The number of alkyl halides is 12. The Balaban J connectivity index is 1.63. The van der Waals surface area contributed by atoms with Crippen LogP contribution in [0.4, 0.5) is 64.1 Å². The van der Waals surface area contributed by atoms with E-state index in [2.05, 4.69) is 15.0 Å². The monoisotopic (exact) mass is 637 g/mol. The second kappa shape index (κ2) is 10.9. The molecular formula is C29H19F12N3. The highest BCUT2D eigenvalue weighted by Gasteiger charge is 2.38. The second-order valence-electron chi connectivity index (χ2n) is 10.4. The number of aromatic nitrogens is 1. The Hall–Kier alpha value is -3.91. The standard InChI is InChI=1S/C29H19F12N3/c30-26(31,32)16-8-17(27(33,34)35)11-20(10-16)42-22-5-1-3-14-7-15-4-2-6-23(25(15)44-24(14)22)43-21-12-18(28(36,37)38)9-19(13-21)29(39,40)41/h7-13H,1-6H2. The second-order valence-corrected chi connectivity index (χ2v) is 10.4. The van der Waals surface area contributed by atoms with Crippen LogP contribution in [0.3, 0.4) is 0 Å². The van der Waals surface area contributed by atoms with Crippen LogP contribution >= 0.6 is 0 Å². The van der Waals surface area contributed by atoms with E-state index in [0.717, 1.165) is 0 Å². The van der Waals surface area contributed by atoms with Crippen molar-refractivity contribution in [1.82, 2.24) is 4.98 Å². The molecule has 0 N–H and O–H groups in total. The number of hydrogen-bond donors (Lipinski definition) is 0. The van der Waals surface area contributed by atoms with Gasteiger partial charge in [-0.15, -0.1) is 0 Å². The number of nitrogens with zero attached hydrogens (tertiary/aromatic N) is 3. The predicted octanol–water partition coefficient (Wildman–Crippen LogP) is 10.1. The van der Waals surface area contributed by atoms with Gasteiger partial charge in [0.05, 0.1) is 56.4 Å². The van der Waals surface area contributed by atoms with Crippen molar-refractivity contribution >= 4 is 22.8 Å². The fraction of sp³-hybridized carbons (Fsp3) is 0.345. The van der Waals surface area contributed by atoms with Gasteiger partial charge >= 0.3 is 24.7 Å². The number of rotatable bonds is 2. The zero-order valence-corrected chi connectivity index (χ0v) is 22.2. The van der Waals surface area contributed by atoms with E-state index in [1.165, 1.54) is 0 Å². The summed E-state index contributed by atoms with van der Waals surface area (Å²) in [5, 5.41) is 0. The summed E-state index contributed by atoms with van der Waals surface area (Å²) in [5.74, 6) is 0. The van der Waals surface area contributed by atoms with E-state index in [9.17, 15) is 52.7 Å². The van der Waals surface area contributed by atoms with Gasteiger partial charge in [-0.3, -0.25) is 9.98 Å². The number of aryl methyl sites for hydroxylation is 2. The molecule has 2 aromatic carbocycles. The molecule has 0 amide bonds. The Morgan fingerprint density at radius 2 is 0.750 bits per heavy atom. The van der Waals surface area contributed by atoms with E-state index in [1.54, 1.807) is 6.07 Å². The molecular weight excluding hydrogens is 618 g/mol. The highest BCUT2D eigenvalue weighted by atomic mass is 19.4. The Kier molecular flexibility index (Phi) is 7.82. The molecule has 0 radical (unpaired) electrons. The van der Waals surface area contributed by atoms with Crippen molar-refractivity contribution in [2.24, 2.45) is 9.98 Å².